The van der Waals surface area contributed by atoms with E-state index in [0.29, 0.717) is 17.4 Å². The second-order valence-electron chi connectivity index (χ2n) is 5.37. The molecular weight excluding hydrogens is 403 g/mol. The summed E-state index contributed by atoms with van der Waals surface area (Å²) in [6, 6.07) is 6.14. The van der Waals surface area contributed by atoms with Gasteiger partial charge in [0.15, 0.2) is 5.82 Å². The predicted octanol–water partition coefficient (Wildman–Crippen LogP) is 2.72. The summed E-state index contributed by atoms with van der Waals surface area (Å²) in [7, 11) is 0. The lowest BCUT2D eigenvalue weighted by Crippen LogP contribution is -2.32. The fourth-order valence-corrected chi connectivity index (χ4v) is 3.31. The molecular formula is C14H14ClIN4O. The zero-order chi connectivity index (χ0) is 15.2. The Morgan fingerprint density at radius 1 is 1.52 bits per heavy atom. The summed E-state index contributed by atoms with van der Waals surface area (Å²) in [4.78, 5) is 10.2. The Morgan fingerprint density at radius 3 is 3.00 bits per heavy atom. The van der Waals surface area contributed by atoms with E-state index in [9.17, 15) is 5.11 Å². The zero-order valence-corrected chi connectivity index (χ0v) is 14.3. The molecule has 0 amide bonds. The number of fused-ring (bicyclic) bond motifs is 1. The smallest absolute Gasteiger partial charge is 0.222 e. The number of aliphatic hydroxyl groups is 1. The summed E-state index contributed by atoms with van der Waals surface area (Å²) >= 11 is 8.49. The summed E-state index contributed by atoms with van der Waals surface area (Å²) in [5.41, 5.74) is 7.41. The SMILES string of the molecule is CC1(CO)CN(c2nc(N)ncc2Cl)c2cc(I)ccc21. The lowest BCUT2D eigenvalue weighted by molar-refractivity contribution is 0.216. The number of nitrogen functional groups attached to an aromatic ring is 1. The molecule has 0 aliphatic carbocycles. The van der Waals surface area contributed by atoms with Crippen LogP contribution in [0.3, 0.4) is 0 Å². The molecule has 0 bridgehead atoms. The molecule has 0 fully saturated rings. The van der Waals surface area contributed by atoms with Crippen LogP contribution in [0.15, 0.2) is 24.4 Å². The van der Waals surface area contributed by atoms with Crippen molar-refractivity contribution in [3.05, 3.63) is 38.6 Å². The Hall–Kier alpha value is -1.12. The van der Waals surface area contributed by atoms with Crippen molar-refractivity contribution in [1.82, 2.24) is 9.97 Å². The highest BCUT2D eigenvalue weighted by Crippen LogP contribution is 2.45. The summed E-state index contributed by atoms with van der Waals surface area (Å²) in [6.45, 7) is 2.67. The van der Waals surface area contributed by atoms with Gasteiger partial charge in [-0.15, -0.1) is 0 Å². The van der Waals surface area contributed by atoms with E-state index in [2.05, 4.69) is 38.6 Å². The van der Waals surface area contributed by atoms with Crippen LogP contribution in [-0.2, 0) is 5.41 Å². The Balaban J connectivity index is 2.18. The molecule has 0 spiro atoms. The molecule has 3 N–H and O–H groups in total. The molecule has 0 saturated carbocycles. The Kier molecular flexibility index (Phi) is 3.71. The van der Waals surface area contributed by atoms with Gasteiger partial charge in [-0.1, -0.05) is 24.6 Å². The second kappa shape index (κ2) is 5.26. The van der Waals surface area contributed by atoms with E-state index in [-0.39, 0.29) is 18.0 Å². The van der Waals surface area contributed by atoms with E-state index >= 15 is 0 Å². The first kappa shape index (κ1) is 14.8. The van der Waals surface area contributed by atoms with Crippen LogP contribution in [0.4, 0.5) is 17.5 Å². The minimum absolute atomic E-state index is 0.0509. The van der Waals surface area contributed by atoms with Gasteiger partial charge in [0.2, 0.25) is 5.95 Å². The van der Waals surface area contributed by atoms with Crippen molar-refractivity contribution in [2.24, 2.45) is 0 Å². The minimum atomic E-state index is -0.358. The quantitative estimate of drug-likeness (QED) is 0.736. The lowest BCUT2D eigenvalue weighted by atomic mass is 9.86. The Bertz CT molecular complexity index is 711. The third-order valence-corrected chi connectivity index (χ3v) is 4.69. The first-order valence-electron chi connectivity index (χ1n) is 6.41. The van der Waals surface area contributed by atoms with E-state index in [1.54, 1.807) is 0 Å². The normalized spacial score (nSPS) is 20.7. The van der Waals surface area contributed by atoms with Gasteiger partial charge >= 0.3 is 0 Å². The maximum Gasteiger partial charge on any atom is 0.222 e. The van der Waals surface area contributed by atoms with E-state index in [1.807, 2.05) is 24.0 Å². The maximum absolute atomic E-state index is 9.81. The van der Waals surface area contributed by atoms with Crippen molar-refractivity contribution in [3.8, 4) is 0 Å². The van der Waals surface area contributed by atoms with Crippen molar-refractivity contribution in [3.63, 3.8) is 0 Å². The average Bonchev–Trinajstić information content (AvgIpc) is 2.75. The van der Waals surface area contributed by atoms with Crippen LogP contribution in [0.25, 0.3) is 0 Å². The van der Waals surface area contributed by atoms with Gasteiger partial charge in [0.1, 0.15) is 5.02 Å². The van der Waals surface area contributed by atoms with Gasteiger partial charge < -0.3 is 15.7 Å². The molecule has 1 unspecified atom stereocenters. The lowest BCUT2D eigenvalue weighted by Gasteiger charge is -2.24. The molecule has 1 aliphatic heterocycles. The van der Waals surface area contributed by atoms with Gasteiger partial charge in [0.25, 0.3) is 0 Å². The number of hydrogen-bond donors (Lipinski definition) is 2. The maximum atomic E-state index is 9.81. The summed E-state index contributed by atoms with van der Waals surface area (Å²) < 4.78 is 1.11. The molecule has 3 rings (SSSR count). The fraction of sp³-hybridized carbons (Fsp3) is 0.286. The van der Waals surface area contributed by atoms with Crippen LogP contribution in [0, 0.1) is 3.57 Å². The third kappa shape index (κ3) is 2.45. The zero-order valence-electron chi connectivity index (χ0n) is 11.3. The number of nitrogens with two attached hydrogens (primary N) is 1. The van der Waals surface area contributed by atoms with Crippen LogP contribution in [0.5, 0.6) is 0 Å². The standard InChI is InChI=1S/C14H14ClIN4O/c1-14(7-21)6-20(11-4-8(16)2-3-9(11)14)12-10(15)5-18-13(17)19-12/h2-5,21H,6-7H2,1H3,(H2,17,18,19). The molecule has 21 heavy (non-hydrogen) atoms. The largest absolute Gasteiger partial charge is 0.395 e. The summed E-state index contributed by atoms with van der Waals surface area (Å²) in [5.74, 6) is 0.753. The van der Waals surface area contributed by atoms with Gasteiger partial charge in [-0.05, 0) is 40.3 Å². The molecule has 2 heterocycles. The van der Waals surface area contributed by atoms with Crippen LogP contribution in [0.2, 0.25) is 5.02 Å². The van der Waals surface area contributed by atoms with Gasteiger partial charge in [-0.2, -0.15) is 4.98 Å². The van der Waals surface area contributed by atoms with Gasteiger partial charge in [-0.25, -0.2) is 4.98 Å². The highest BCUT2D eigenvalue weighted by atomic mass is 127. The van der Waals surface area contributed by atoms with Gasteiger partial charge in [0.05, 0.1) is 12.8 Å². The van der Waals surface area contributed by atoms with Crippen LogP contribution < -0.4 is 10.6 Å². The highest BCUT2D eigenvalue weighted by Gasteiger charge is 2.40. The minimum Gasteiger partial charge on any atom is -0.395 e. The number of benzene rings is 1. The number of hydrogen-bond acceptors (Lipinski definition) is 5. The summed E-state index contributed by atoms with van der Waals surface area (Å²) in [6.07, 6.45) is 1.50. The van der Waals surface area contributed by atoms with Gasteiger partial charge in [-0.3, -0.25) is 0 Å². The van der Waals surface area contributed by atoms with Crippen LogP contribution >= 0.6 is 34.2 Å². The number of halogens is 2. The first-order chi connectivity index (χ1) is 9.94. The molecule has 2 aromatic rings. The van der Waals surface area contributed by atoms with Crippen molar-refractivity contribution in [1.29, 1.82) is 0 Å². The molecule has 7 heteroatoms. The Morgan fingerprint density at radius 2 is 2.29 bits per heavy atom. The number of aromatic nitrogens is 2. The van der Waals surface area contributed by atoms with Gasteiger partial charge in [0, 0.05) is 21.2 Å². The number of anilines is 3. The highest BCUT2D eigenvalue weighted by molar-refractivity contribution is 14.1. The van der Waals surface area contributed by atoms with E-state index in [1.165, 1.54) is 6.20 Å². The Labute approximate surface area is 141 Å². The molecule has 0 radical (unpaired) electrons. The van der Waals surface area contributed by atoms with E-state index < -0.39 is 0 Å². The topological polar surface area (TPSA) is 75.3 Å². The molecule has 1 aromatic carbocycles. The molecule has 1 aliphatic rings. The van der Waals surface area contributed by atoms with Crippen molar-refractivity contribution in [2.75, 3.05) is 23.8 Å². The fourth-order valence-electron chi connectivity index (χ4n) is 2.64. The summed E-state index contributed by atoms with van der Waals surface area (Å²) in [5, 5.41) is 10.3. The number of rotatable bonds is 2. The third-order valence-electron chi connectivity index (χ3n) is 3.76. The number of nitrogens with zero attached hydrogens (tertiary/aromatic N) is 3. The van der Waals surface area contributed by atoms with Crippen LogP contribution in [-0.4, -0.2) is 28.2 Å². The number of aliphatic hydroxyl groups excluding tert-OH is 1. The molecule has 1 aromatic heterocycles. The van der Waals surface area contributed by atoms with Crippen LogP contribution in [0.1, 0.15) is 12.5 Å². The van der Waals surface area contributed by atoms with E-state index in [0.717, 1.165) is 14.8 Å². The molecule has 5 nitrogen and oxygen atoms in total. The van der Waals surface area contributed by atoms with Crippen molar-refractivity contribution in [2.45, 2.75) is 12.3 Å². The molecule has 110 valence electrons. The van der Waals surface area contributed by atoms with Crippen molar-refractivity contribution < 1.29 is 5.11 Å². The van der Waals surface area contributed by atoms with E-state index in [4.69, 9.17) is 17.3 Å². The monoisotopic (exact) mass is 416 g/mol. The van der Waals surface area contributed by atoms with Crippen molar-refractivity contribution >= 4 is 51.6 Å². The first-order valence-corrected chi connectivity index (χ1v) is 7.87. The molecule has 1 atom stereocenters. The average molecular weight is 417 g/mol. The predicted molar refractivity (Wildman–Crippen MR) is 92.1 cm³/mol. The second-order valence-corrected chi connectivity index (χ2v) is 7.02. The molecule has 0 saturated heterocycles.